The number of hydrogen-bond acceptors (Lipinski definition) is 4. The topological polar surface area (TPSA) is 88.2 Å². The van der Waals surface area contributed by atoms with Crippen LogP contribution in [0.1, 0.15) is 35.5 Å². The highest BCUT2D eigenvalue weighted by Gasteiger charge is 2.12. The molecule has 5 nitrogen and oxygen atoms in total. The zero-order valence-corrected chi connectivity index (χ0v) is 12.2. The molecule has 0 unspecified atom stereocenters. The number of pyridine rings is 1. The van der Waals surface area contributed by atoms with E-state index in [0.717, 1.165) is 29.7 Å². The van der Waals surface area contributed by atoms with Gasteiger partial charge >= 0.3 is 5.97 Å². The van der Waals surface area contributed by atoms with Crippen molar-refractivity contribution in [2.45, 2.75) is 26.7 Å². The molecule has 0 saturated heterocycles. The summed E-state index contributed by atoms with van der Waals surface area (Å²) in [4.78, 5) is 15.1. The number of hydrogen-bond donors (Lipinski definition) is 3. The molecule has 0 saturated carbocycles. The van der Waals surface area contributed by atoms with Gasteiger partial charge in [-0.3, -0.25) is 0 Å². The molecule has 0 aliphatic heterocycles. The Bertz CT molecular complexity index is 646. The predicted octanol–water partition coefficient (Wildman–Crippen LogP) is 3.23. The number of carboxylic acids is 1. The van der Waals surface area contributed by atoms with Crippen LogP contribution in [0, 0.1) is 0 Å². The number of nitrogens with two attached hydrogens (primary N) is 1. The lowest BCUT2D eigenvalue weighted by Gasteiger charge is -2.16. The molecule has 0 spiro atoms. The van der Waals surface area contributed by atoms with E-state index in [0.29, 0.717) is 11.5 Å². The number of para-hydroxylation sites is 1. The largest absolute Gasteiger partial charge is 0.477 e. The number of nitrogens with one attached hydrogen (secondary N) is 1. The van der Waals surface area contributed by atoms with Crippen LogP contribution in [0.25, 0.3) is 0 Å². The van der Waals surface area contributed by atoms with Crippen molar-refractivity contribution >= 4 is 23.2 Å². The van der Waals surface area contributed by atoms with Gasteiger partial charge in [0.2, 0.25) is 0 Å². The molecular weight excluding hydrogens is 266 g/mol. The van der Waals surface area contributed by atoms with E-state index in [9.17, 15) is 4.79 Å². The smallest absolute Gasteiger partial charge is 0.354 e. The SMILES string of the molecule is CCc1cccc(CC)c1Nc1nc(C(=O)O)ccc1N. The second kappa shape index (κ2) is 6.26. The second-order valence-electron chi connectivity index (χ2n) is 4.72. The number of benzene rings is 1. The van der Waals surface area contributed by atoms with E-state index in [1.165, 1.54) is 6.07 Å². The maximum absolute atomic E-state index is 11.0. The summed E-state index contributed by atoms with van der Waals surface area (Å²) in [6.07, 6.45) is 1.74. The molecule has 0 aliphatic rings. The Hall–Kier alpha value is -2.56. The lowest BCUT2D eigenvalue weighted by Crippen LogP contribution is -2.08. The van der Waals surface area contributed by atoms with Crippen LogP contribution in [0.15, 0.2) is 30.3 Å². The van der Waals surface area contributed by atoms with Crippen LogP contribution in [0.4, 0.5) is 17.2 Å². The van der Waals surface area contributed by atoms with E-state index < -0.39 is 5.97 Å². The van der Waals surface area contributed by atoms with Crippen molar-refractivity contribution in [1.82, 2.24) is 4.98 Å². The summed E-state index contributed by atoms with van der Waals surface area (Å²) in [7, 11) is 0. The molecule has 0 bridgehead atoms. The molecule has 2 aromatic rings. The number of rotatable bonds is 5. The van der Waals surface area contributed by atoms with E-state index in [2.05, 4.69) is 24.1 Å². The van der Waals surface area contributed by atoms with Gasteiger partial charge in [0, 0.05) is 5.69 Å². The van der Waals surface area contributed by atoms with Crippen molar-refractivity contribution < 1.29 is 9.90 Å². The van der Waals surface area contributed by atoms with Crippen LogP contribution in [0.5, 0.6) is 0 Å². The van der Waals surface area contributed by atoms with Gasteiger partial charge in [0.1, 0.15) is 0 Å². The first-order valence-electron chi connectivity index (χ1n) is 6.94. The van der Waals surface area contributed by atoms with E-state index in [1.807, 2.05) is 18.2 Å². The van der Waals surface area contributed by atoms with Gasteiger partial charge in [-0.25, -0.2) is 9.78 Å². The minimum Gasteiger partial charge on any atom is -0.477 e. The van der Waals surface area contributed by atoms with Gasteiger partial charge in [-0.1, -0.05) is 32.0 Å². The summed E-state index contributed by atoms with van der Waals surface area (Å²) in [5, 5.41) is 12.2. The quantitative estimate of drug-likeness (QED) is 0.785. The summed E-state index contributed by atoms with van der Waals surface area (Å²) in [5.74, 6) is -0.692. The molecule has 21 heavy (non-hydrogen) atoms. The van der Waals surface area contributed by atoms with Crippen molar-refractivity contribution in [3.63, 3.8) is 0 Å². The summed E-state index contributed by atoms with van der Waals surface area (Å²) in [5.41, 5.74) is 9.56. The molecule has 1 aromatic carbocycles. The van der Waals surface area contributed by atoms with Gasteiger partial charge in [-0.15, -0.1) is 0 Å². The van der Waals surface area contributed by atoms with Gasteiger partial charge < -0.3 is 16.2 Å². The van der Waals surface area contributed by atoms with E-state index >= 15 is 0 Å². The van der Waals surface area contributed by atoms with Crippen molar-refractivity contribution in [2.24, 2.45) is 0 Å². The van der Waals surface area contributed by atoms with Crippen LogP contribution in [0.2, 0.25) is 0 Å². The Balaban J connectivity index is 2.47. The molecule has 0 fully saturated rings. The standard InChI is InChI=1S/C16H19N3O2/c1-3-10-6-5-7-11(4-2)14(10)19-15-12(17)8-9-13(18-15)16(20)21/h5-9H,3-4,17H2,1-2H3,(H,18,19)(H,20,21). The monoisotopic (exact) mass is 285 g/mol. The number of nitrogen functional groups attached to an aromatic ring is 1. The van der Waals surface area contributed by atoms with Crippen molar-refractivity contribution in [3.8, 4) is 0 Å². The first-order chi connectivity index (χ1) is 10.1. The zero-order valence-electron chi connectivity index (χ0n) is 12.2. The molecule has 2 rings (SSSR count). The number of anilines is 3. The van der Waals surface area contributed by atoms with Gasteiger partial charge in [-0.05, 0) is 36.1 Å². The number of carbonyl (C=O) groups is 1. The van der Waals surface area contributed by atoms with Crippen molar-refractivity contribution in [3.05, 3.63) is 47.2 Å². The lowest BCUT2D eigenvalue weighted by atomic mass is 10.0. The zero-order chi connectivity index (χ0) is 15.4. The van der Waals surface area contributed by atoms with E-state index in [4.69, 9.17) is 10.8 Å². The van der Waals surface area contributed by atoms with E-state index in [-0.39, 0.29) is 5.69 Å². The van der Waals surface area contributed by atoms with E-state index in [1.54, 1.807) is 6.07 Å². The van der Waals surface area contributed by atoms with Crippen LogP contribution < -0.4 is 11.1 Å². The minimum atomic E-state index is -1.07. The van der Waals surface area contributed by atoms with Gasteiger partial charge in [0.25, 0.3) is 0 Å². The van der Waals surface area contributed by atoms with Crippen LogP contribution in [0.3, 0.4) is 0 Å². The molecular formula is C16H19N3O2. The minimum absolute atomic E-state index is 0.0290. The third kappa shape index (κ3) is 3.13. The molecule has 0 radical (unpaired) electrons. The Morgan fingerprint density at radius 1 is 1.19 bits per heavy atom. The van der Waals surface area contributed by atoms with Crippen LogP contribution in [-0.2, 0) is 12.8 Å². The number of carboxylic acid groups (broad SMARTS) is 1. The molecule has 4 N–H and O–H groups in total. The number of nitrogens with zero attached hydrogens (tertiary/aromatic N) is 1. The average Bonchev–Trinajstić information content (AvgIpc) is 2.49. The Labute approximate surface area is 123 Å². The third-order valence-corrected chi connectivity index (χ3v) is 3.39. The average molecular weight is 285 g/mol. The van der Waals surface area contributed by atoms with Crippen molar-refractivity contribution in [2.75, 3.05) is 11.1 Å². The summed E-state index contributed by atoms with van der Waals surface area (Å²) in [6.45, 7) is 4.15. The van der Waals surface area contributed by atoms with Gasteiger partial charge in [0.05, 0.1) is 5.69 Å². The second-order valence-corrected chi connectivity index (χ2v) is 4.72. The predicted molar refractivity (Wildman–Crippen MR) is 84.1 cm³/mol. The summed E-state index contributed by atoms with van der Waals surface area (Å²) >= 11 is 0. The van der Waals surface area contributed by atoms with Crippen molar-refractivity contribution in [1.29, 1.82) is 0 Å². The molecule has 1 heterocycles. The van der Waals surface area contributed by atoms with Crippen LogP contribution in [-0.4, -0.2) is 16.1 Å². The fourth-order valence-electron chi connectivity index (χ4n) is 2.21. The molecule has 5 heteroatoms. The molecule has 1 aromatic heterocycles. The fourth-order valence-corrected chi connectivity index (χ4v) is 2.21. The molecule has 0 amide bonds. The Morgan fingerprint density at radius 2 is 1.81 bits per heavy atom. The Morgan fingerprint density at radius 3 is 2.33 bits per heavy atom. The highest BCUT2D eigenvalue weighted by atomic mass is 16.4. The fraction of sp³-hybridized carbons (Fsp3) is 0.250. The maximum Gasteiger partial charge on any atom is 0.354 e. The number of aromatic nitrogens is 1. The normalized spacial score (nSPS) is 10.4. The lowest BCUT2D eigenvalue weighted by molar-refractivity contribution is 0.0690. The first kappa shape index (κ1) is 14.8. The van der Waals surface area contributed by atoms with Gasteiger partial charge in [-0.2, -0.15) is 0 Å². The van der Waals surface area contributed by atoms with Crippen LogP contribution >= 0.6 is 0 Å². The molecule has 0 aliphatic carbocycles. The number of aromatic carboxylic acids is 1. The number of aryl methyl sites for hydroxylation is 2. The highest BCUT2D eigenvalue weighted by Crippen LogP contribution is 2.28. The third-order valence-electron chi connectivity index (χ3n) is 3.39. The Kier molecular flexibility index (Phi) is 4.42. The molecule has 0 atom stereocenters. The molecule has 110 valence electrons. The summed E-state index contributed by atoms with van der Waals surface area (Å²) in [6, 6.07) is 9.05. The maximum atomic E-state index is 11.0. The highest BCUT2D eigenvalue weighted by molar-refractivity contribution is 5.87. The summed E-state index contributed by atoms with van der Waals surface area (Å²) < 4.78 is 0. The van der Waals surface area contributed by atoms with Gasteiger partial charge in [0.15, 0.2) is 11.5 Å². The first-order valence-corrected chi connectivity index (χ1v) is 6.94.